The molecule has 4 aromatic rings. The molecular weight excluding hydrogens is 472 g/mol. The molecule has 0 saturated heterocycles. The summed E-state index contributed by atoms with van der Waals surface area (Å²) in [5.41, 5.74) is 2.75. The van der Waals surface area contributed by atoms with Gasteiger partial charge in [0.15, 0.2) is 10.6 Å². The number of nitrogens with zero attached hydrogens (tertiary/aromatic N) is 2. The number of hydrogen-bond acceptors (Lipinski definition) is 6. The van der Waals surface area contributed by atoms with E-state index in [4.69, 9.17) is 20.8 Å². The van der Waals surface area contributed by atoms with Crippen LogP contribution in [0.1, 0.15) is 57.2 Å². The van der Waals surface area contributed by atoms with Gasteiger partial charge in [0, 0.05) is 9.90 Å². The molecular formula is C26H23ClN2O4S. The molecule has 0 radical (unpaired) electrons. The summed E-state index contributed by atoms with van der Waals surface area (Å²) in [6.45, 7) is 8.35. The summed E-state index contributed by atoms with van der Waals surface area (Å²) in [5, 5.41) is 1.35. The molecule has 1 unspecified atom stereocenters. The molecule has 0 fully saturated rings. The van der Waals surface area contributed by atoms with E-state index in [0.717, 1.165) is 33.9 Å². The molecule has 0 aliphatic carbocycles. The molecule has 5 rings (SSSR count). The average molecular weight is 495 g/mol. The zero-order chi connectivity index (χ0) is 24.1. The molecule has 0 saturated carbocycles. The maximum Gasteiger partial charge on any atom is 0.297 e. The minimum Gasteiger partial charge on any atom is -0.494 e. The first-order valence-corrected chi connectivity index (χ1v) is 12.3. The Hall–Kier alpha value is -3.16. The van der Waals surface area contributed by atoms with Gasteiger partial charge in [0.25, 0.3) is 5.91 Å². The number of rotatable bonds is 5. The van der Waals surface area contributed by atoms with Crippen LogP contribution < -0.4 is 15.1 Å². The maximum atomic E-state index is 13.7. The summed E-state index contributed by atoms with van der Waals surface area (Å²) in [4.78, 5) is 34.6. The molecule has 0 bridgehead atoms. The largest absolute Gasteiger partial charge is 0.494 e. The first kappa shape index (κ1) is 22.6. The van der Waals surface area contributed by atoms with E-state index >= 15 is 0 Å². The topological polar surface area (TPSA) is 72.6 Å². The highest BCUT2D eigenvalue weighted by atomic mass is 35.5. The number of aromatic nitrogens is 1. The van der Waals surface area contributed by atoms with E-state index in [1.54, 1.807) is 17.0 Å². The van der Waals surface area contributed by atoms with Gasteiger partial charge in [0.1, 0.15) is 11.3 Å². The number of ether oxygens (including phenoxy) is 1. The number of aryl methyl sites for hydroxylation is 3. The number of halogens is 1. The first-order chi connectivity index (χ1) is 16.3. The highest BCUT2D eigenvalue weighted by molar-refractivity contribution is 7.15. The lowest BCUT2D eigenvalue weighted by Crippen LogP contribution is -2.29. The lowest BCUT2D eigenvalue weighted by molar-refractivity contribution is 0.0971. The zero-order valence-electron chi connectivity index (χ0n) is 19.3. The van der Waals surface area contributed by atoms with E-state index in [0.29, 0.717) is 33.3 Å². The predicted octanol–water partition coefficient (Wildman–Crippen LogP) is 6.37. The summed E-state index contributed by atoms with van der Waals surface area (Å²) >= 11 is 7.73. The number of thiazole rings is 1. The van der Waals surface area contributed by atoms with Gasteiger partial charge in [-0.25, -0.2) is 4.98 Å². The minimum atomic E-state index is -0.673. The van der Waals surface area contributed by atoms with Crippen molar-refractivity contribution in [2.24, 2.45) is 0 Å². The third kappa shape index (κ3) is 3.60. The van der Waals surface area contributed by atoms with Crippen LogP contribution in [0.25, 0.3) is 11.0 Å². The number of carbonyl (C=O) groups excluding carboxylic acids is 1. The maximum absolute atomic E-state index is 13.7. The summed E-state index contributed by atoms with van der Waals surface area (Å²) in [7, 11) is 0. The Kier molecular flexibility index (Phi) is 5.70. The smallest absolute Gasteiger partial charge is 0.297 e. The van der Waals surface area contributed by atoms with Gasteiger partial charge >= 0.3 is 0 Å². The fourth-order valence-corrected chi connectivity index (χ4v) is 5.23. The number of anilines is 1. The van der Waals surface area contributed by atoms with Crippen LogP contribution >= 0.6 is 22.9 Å². The number of amides is 1. The highest BCUT2D eigenvalue weighted by Gasteiger charge is 2.45. The Balaban J connectivity index is 1.74. The molecule has 2 aromatic heterocycles. The van der Waals surface area contributed by atoms with Crippen molar-refractivity contribution in [3.05, 3.63) is 84.7 Å². The Morgan fingerprint density at radius 1 is 1.15 bits per heavy atom. The molecule has 0 N–H and O–H groups in total. The number of benzene rings is 2. The predicted molar refractivity (Wildman–Crippen MR) is 135 cm³/mol. The van der Waals surface area contributed by atoms with Crippen molar-refractivity contribution in [2.75, 3.05) is 11.5 Å². The van der Waals surface area contributed by atoms with Crippen LogP contribution in [0.15, 0.2) is 45.6 Å². The molecule has 6 nitrogen and oxygen atoms in total. The Labute approximate surface area is 205 Å². The van der Waals surface area contributed by atoms with Crippen molar-refractivity contribution in [2.45, 2.75) is 40.2 Å². The van der Waals surface area contributed by atoms with Gasteiger partial charge in [-0.05, 0) is 62.6 Å². The Morgan fingerprint density at radius 3 is 2.53 bits per heavy atom. The van der Waals surface area contributed by atoms with Gasteiger partial charge in [-0.1, -0.05) is 30.7 Å². The fourth-order valence-electron chi connectivity index (χ4n) is 4.13. The van der Waals surface area contributed by atoms with Crippen molar-refractivity contribution in [1.29, 1.82) is 0 Å². The van der Waals surface area contributed by atoms with E-state index in [9.17, 15) is 9.59 Å². The normalized spacial score (nSPS) is 15.3. The quantitative estimate of drug-likeness (QED) is 0.322. The van der Waals surface area contributed by atoms with E-state index in [1.807, 2.05) is 52.0 Å². The lowest BCUT2D eigenvalue weighted by Gasteiger charge is -2.22. The van der Waals surface area contributed by atoms with E-state index in [1.165, 1.54) is 11.3 Å². The van der Waals surface area contributed by atoms with Crippen LogP contribution in [0, 0.1) is 20.8 Å². The highest BCUT2D eigenvalue weighted by Crippen LogP contribution is 2.43. The second-order valence-corrected chi connectivity index (χ2v) is 9.99. The monoisotopic (exact) mass is 494 g/mol. The Bertz CT molecular complexity index is 1470. The summed E-state index contributed by atoms with van der Waals surface area (Å²) < 4.78 is 11.8. The minimum absolute atomic E-state index is 0.0426. The van der Waals surface area contributed by atoms with Crippen molar-refractivity contribution in [3.63, 3.8) is 0 Å². The van der Waals surface area contributed by atoms with Gasteiger partial charge in [0.05, 0.1) is 29.3 Å². The molecule has 8 heteroatoms. The molecule has 1 atom stereocenters. The van der Waals surface area contributed by atoms with Gasteiger partial charge in [-0.2, -0.15) is 0 Å². The third-order valence-corrected chi connectivity index (χ3v) is 7.52. The van der Waals surface area contributed by atoms with E-state index < -0.39 is 6.04 Å². The molecule has 34 heavy (non-hydrogen) atoms. The third-order valence-electron chi connectivity index (χ3n) is 6.04. The van der Waals surface area contributed by atoms with Crippen LogP contribution in [-0.2, 0) is 0 Å². The molecule has 3 heterocycles. The molecule has 2 aromatic carbocycles. The van der Waals surface area contributed by atoms with Gasteiger partial charge in [-0.15, -0.1) is 11.3 Å². The molecule has 1 aliphatic heterocycles. The van der Waals surface area contributed by atoms with Gasteiger partial charge < -0.3 is 9.15 Å². The number of carbonyl (C=O) groups is 1. The van der Waals surface area contributed by atoms with Crippen LogP contribution in [-0.4, -0.2) is 17.5 Å². The van der Waals surface area contributed by atoms with Crippen molar-refractivity contribution >= 4 is 44.9 Å². The molecule has 1 aliphatic rings. The fraction of sp³-hybridized carbons (Fsp3) is 0.269. The zero-order valence-corrected chi connectivity index (χ0v) is 20.8. The van der Waals surface area contributed by atoms with Crippen LogP contribution in [0.3, 0.4) is 0 Å². The second-order valence-electron chi connectivity index (χ2n) is 8.40. The summed E-state index contributed by atoms with van der Waals surface area (Å²) in [6, 6.07) is 10.1. The van der Waals surface area contributed by atoms with Crippen molar-refractivity contribution in [3.8, 4) is 5.75 Å². The Morgan fingerprint density at radius 2 is 1.88 bits per heavy atom. The number of fused-ring (bicyclic) bond motifs is 2. The van der Waals surface area contributed by atoms with Crippen LogP contribution in [0.2, 0.25) is 5.02 Å². The van der Waals surface area contributed by atoms with Crippen LogP contribution in [0.4, 0.5) is 5.13 Å². The standard InChI is InChI=1S/C26H23ClN2O4S/c1-5-10-32-17-8-6-16(7-9-17)22-21-23(30)18-12-19(27)13(2)11-20(18)33-24(21)25(31)29(22)26-28-14(3)15(4)34-26/h6-9,11-12,22H,5,10H2,1-4H3. The van der Waals surface area contributed by atoms with Crippen molar-refractivity contribution in [1.82, 2.24) is 4.98 Å². The molecule has 174 valence electrons. The SMILES string of the molecule is CCCOc1ccc(C2c3c(oc4cc(C)c(Cl)cc4c3=O)C(=O)N2c2nc(C)c(C)s2)cc1. The number of hydrogen-bond donors (Lipinski definition) is 0. The van der Waals surface area contributed by atoms with Crippen molar-refractivity contribution < 1.29 is 13.9 Å². The van der Waals surface area contributed by atoms with E-state index in [-0.39, 0.29) is 17.1 Å². The molecule has 0 spiro atoms. The van der Waals surface area contributed by atoms with E-state index in [2.05, 4.69) is 4.98 Å². The second kappa shape index (κ2) is 8.56. The molecule has 1 amide bonds. The summed E-state index contributed by atoms with van der Waals surface area (Å²) in [6.07, 6.45) is 0.902. The summed E-state index contributed by atoms with van der Waals surface area (Å²) in [5.74, 6) is 0.392. The van der Waals surface area contributed by atoms with Gasteiger partial charge in [0.2, 0.25) is 5.76 Å². The average Bonchev–Trinajstić information content (AvgIpc) is 3.30. The first-order valence-electron chi connectivity index (χ1n) is 11.1. The lowest BCUT2D eigenvalue weighted by atomic mass is 9.98. The van der Waals surface area contributed by atoms with Gasteiger partial charge in [-0.3, -0.25) is 14.5 Å². The van der Waals surface area contributed by atoms with Crippen LogP contribution in [0.5, 0.6) is 5.75 Å².